The summed E-state index contributed by atoms with van der Waals surface area (Å²) in [5.41, 5.74) is 0.282. The van der Waals surface area contributed by atoms with Gasteiger partial charge >= 0.3 is 5.97 Å². The van der Waals surface area contributed by atoms with Crippen LogP contribution < -0.4 is 4.72 Å². The number of carboxylic acid groups (broad SMARTS) is 1. The second kappa shape index (κ2) is 5.79. The third-order valence-electron chi connectivity index (χ3n) is 2.32. The Morgan fingerprint density at radius 2 is 1.89 bits per heavy atom. The van der Waals surface area contributed by atoms with Gasteiger partial charge in [-0.05, 0) is 31.2 Å². The summed E-state index contributed by atoms with van der Waals surface area (Å²) >= 11 is 0. The van der Waals surface area contributed by atoms with E-state index in [0.717, 1.165) is 0 Å². The van der Waals surface area contributed by atoms with Gasteiger partial charge in [0, 0.05) is 0 Å². The van der Waals surface area contributed by atoms with Crippen LogP contribution in [0.2, 0.25) is 0 Å². The Hall–Kier alpha value is -1.95. The first kappa shape index (κ1) is 15.1. The fourth-order valence-corrected chi connectivity index (χ4v) is 2.56. The van der Waals surface area contributed by atoms with Gasteiger partial charge in [-0.25, -0.2) is 8.42 Å². The van der Waals surface area contributed by atoms with Crippen LogP contribution in [0.25, 0.3) is 0 Å². The molecule has 1 rings (SSSR count). The molecule has 0 heterocycles. The fraction of sp³-hybridized carbons (Fsp3) is 0.273. The third-order valence-corrected chi connectivity index (χ3v) is 3.78. The van der Waals surface area contributed by atoms with Gasteiger partial charge in [-0.1, -0.05) is 0 Å². The van der Waals surface area contributed by atoms with E-state index in [4.69, 9.17) is 10.4 Å². The van der Waals surface area contributed by atoms with Crippen molar-refractivity contribution in [3.05, 3.63) is 29.8 Å². The maximum atomic E-state index is 11.9. The van der Waals surface area contributed by atoms with Gasteiger partial charge in [0.2, 0.25) is 10.0 Å². The zero-order valence-electron chi connectivity index (χ0n) is 9.94. The molecule has 0 fully saturated rings. The molecular weight excluding hydrogens is 272 g/mol. The van der Waals surface area contributed by atoms with Crippen LogP contribution in [-0.4, -0.2) is 36.7 Å². The smallest absolute Gasteiger partial charge is 0.324 e. The van der Waals surface area contributed by atoms with Crippen molar-refractivity contribution in [1.82, 2.24) is 4.72 Å². The van der Waals surface area contributed by atoms with Crippen LogP contribution in [0, 0.1) is 11.3 Å². The molecule has 0 aromatic heterocycles. The van der Waals surface area contributed by atoms with Gasteiger partial charge in [0.05, 0.1) is 22.6 Å². The summed E-state index contributed by atoms with van der Waals surface area (Å²) in [5.74, 6) is -1.48. The highest BCUT2D eigenvalue weighted by molar-refractivity contribution is 7.89. The SMILES string of the molecule is C[C@@H](O)[C@H](NS(=O)(=O)c1ccc(C#N)cc1)C(=O)O. The maximum Gasteiger partial charge on any atom is 0.324 e. The quantitative estimate of drug-likeness (QED) is 0.679. The lowest BCUT2D eigenvalue weighted by Gasteiger charge is -2.17. The number of aliphatic hydroxyl groups excluding tert-OH is 1. The average molecular weight is 284 g/mol. The van der Waals surface area contributed by atoms with Crippen LogP contribution in [0.5, 0.6) is 0 Å². The highest BCUT2D eigenvalue weighted by Crippen LogP contribution is 2.11. The van der Waals surface area contributed by atoms with Crippen LogP contribution in [0.15, 0.2) is 29.2 Å². The van der Waals surface area contributed by atoms with Gasteiger partial charge < -0.3 is 10.2 Å². The third kappa shape index (κ3) is 3.75. The van der Waals surface area contributed by atoms with Gasteiger partial charge in [-0.2, -0.15) is 9.98 Å². The Bertz CT molecular complexity index is 601. The van der Waals surface area contributed by atoms with E-state index in [1.54, 1.807) is 0 Å². The molecule has 0 saturated carbocycles. The van der Waals surface area contributed by atoms with Crippen LogP contribution >= 0.6 is 0 Å². The van der Waals surface area contributed by atoms with Crippen molar-refractivity contribution in [2.24, 2.45) is 0 Å². The monoisotopic (exact) mass is 284 g/mol. The minimum absolute atomic E-state index is 0.182. The van der Waals surface area contributed by atoms with E-state index in [9.17, 15) is 18.3 Å². The normalized spacial score (nSPS) is 14.4. The molecule has 0 unspecified atom stereocenters. The van der Waals surface area contributed by atoms with E-state index >= 15 is 0 Å². The average Bonchev–Trinajstić information content (AvgIpc) is 2.35. The molecule has 0 aliphatic carbocycles. The van der Waals surface area contributed by atoms with Crippen LogP contribution in [-0.2, 0) is 14.8 Å². The summed E-state index contributed by atoms with van der Waals surface area (Å²) in [6, 6.07) is 5.16. The Kier molecular flexibility index (Phi) is 4.61. The van der Waals surface area contributed by atoms with Crippen molar-refractivity contribution < 1.29 is 23.4 Å². The molecule has 0 aliphatic rings. The van der Waals surface area contributed by atoms with E-state index in [1.807, 2.05) is 10.8 Å². The maximum absolute atomic E-state index is 11.9. The standard InChI is InChI=1S/C11H12N2O5S/c1-7(14)10(11(15)16)13-19(17,18)9-4-2-8(6-12)3-5-9/h2-5,7,10,13-14H,1H3,(H,15,16)/t7-,10+/m1/s1. The summed E-state index contributed by atoms with van der Waals surface area (Å²) in [7, 11) is -4.07. The zero-order valence-corrected chi connectivity index (χ0v) is 10.8. The molecule has 7 nitrogen and oxygen atoms in total. The van der Waals surface area contributed by atoms with E-state index in [2.05, 4.69) is 0 Å². The molecule has 8 heteroatoms. The largest absolute Gasteiger partial charge is 0.480 e. The highest BCUT2D eigenvalue weighted by Gasteiger charge is 2.29. The number of aliphatic carboxylic acids is 1. The predicted molar refractivity (Wildman–Crippen MR) is 64.6 cm³/mol. The minimum Gasteiger partial charge on any atom is -0.480 e. The molecule has 2 atom stereocenters. The van der Waals surface area contributed by atoms with Crippen molar-refractivity contribution in [1.29, 1.82) is 5.26 Å². The Morgan fingerprint density at radius 3 is 2.26 bits per heavy atom. The Morgan fingerprint density at radius 1 is 1.37 bits per heavy atom. The first-order valence-electron chi connectivity index (χ1n) is 5.21. The number of aliphatic hydroxyl groups is 1. The van der Waals surface area contributed by atoms with Gasteiger partial charge in [0.25, 0.3) is 0 Å². The number of hydrogen-bond donors (Lipinski definition) is 3. The van der Waals surface area contributed by atoms with Crippen LogP contribution in [0.1, 0.15) is 12.5 Å². The lowest BCUT2D eigenvalue weighted by atomic mass is 10.2. The first-order valence-corrected chi connectivity index (χ1v) is 6.69. The summed E-state index contributed by atoms with van der Waals surface area (Å²) in [6.45, 7) is 1.17. The zero-order chi connectivity index (χ0) is 14.6. The van der Waals surface area contributed by atoms with Crippen molar-refractivity contribution in [2.75, 3.05) is 0 Å². The van der Waals surface area contributed by atoms with Gasteiger partial charge in [0.1, 0.15) is 6.04 Å². The number of rotatable bonds is 5. The van der Waals surface area contributed by atoms with Crippen LogP contribution in [0.3, 0.4) is 0 Å². The Labute approximate surface area is 110 Å². The number of nitrogens with zero attached hydrogens (tertiary/aromatic N) is 1. The first-order chi connectivity index (χ1) is 8.77. The lowest BCUT2D eigenvalue weighted by Crippen LogP contribution is -2.47. The summed E-state index contributed by atoms with van der Waals surface area (Å²) in [6.07, 6.45) is -1.38. The van der Waals surface area contributed by atoms with Gasteiger partial charge in [-0.3, -0.25) is 4.79 Å². The van der Waals surface area contributed by atoms with Gasteiger partial charge in [0.15, 0.2) is 0 Å². The van der Waals surface area contributed by atoms with Crippen LogP contribution in [0.4, 0.5) is 0 Å². The second-order valence-electron chi connectivity index (χ2n) is 3.81. The Balaban J connectivity index is 3.03. The summed E-state index contributed by atoms with van der Waals surface area (Å²) in [4.78, 5) is 10.6. The van der Waals surface area contributed by atoms with Gasteiger partial charge in [-0.15, -0.1) is 0 Å². The van der Waals surface area contributed by atoms with E-state index in [0.29, 0.717) is 0 Å². The topological polar surface area (TPSA) is 127 Å². The molecule has 1 aromatic carbocycles. The molecule has 3 N–H and O–H groups in total. The number of carbonyl (C=O) groups is 1. The lowest BCUT2D eigenvalue weighted by molar-refractivity contribution is -0.141. The molecule has 19 heavy (non-hydrogen) atoms. The predicted octanol–water partition coefficient (Wildman–Crippen LogP) is -0.329. The molecule has 0 spiro atoms. The number of benzene rings is 1. The number of nitrogens with one attached hydrogen (secondary N) is 1. The molecule has 0 radical (unpaired) electrons. The van der Waals surface area contributed by atoms with Crippen molar-refractivity contribution in [3.63, 3.8) is 0 Å². The minimum atomic E-state index is -4.07. The van der Waals surface area contributed by atoms with Crippen molar-refractivity contribution in [2.45, 2.75) is 24.0 Å². The van der Waals surface area contributed by atoms with E-state index < -0.39 is 28.1 Å². The van der Waals surface area contributed by atoms with Crippen molar-refractivity contribution in [3.8, 4) is 6.07 Å². The van der Waals surface area contributed by atoms with Crippen molar-refractivity contribution >= 4 is 16.0 Å². The molecule has 0 amide bonds. The van der Waals surface area contributed by atoms with E-state index in [-0.39, 0.29) is 10.5 Å². The number of hydrogen-bond acceptors (Lipinski definition) is 5. The molecule has 1 aromatic rings. The number of carboxylic acids is 1. The molecule has 0 aliphatic heterocycles. The summed E-state index contributed by atoms with van der Waals surface area (Å²) in [5, 5.41) is 26.6. The second-order valence-corrected chi connectivity index (χ2v) is 5.53. The van der Waals surface area contributed by atoms with E-state index in [1.165, 1.54) is 31.2 Å². The molecule has 0 bridgehead atoms. The number of nitriles is 1. The molecule has 102 valence electrons. The fourth-order valence-electron chi connectivity index (χ4n) is 1.30. The summed E-state index contributed by atoms with van der Waals surface area (Å²) < 4.78 is 25.7. The molecular formula is C11H12N2O5S. The highest BCUT2D eigenvalue weighted by atomic mass is 32.2. The molecule has 0 saturated heterocycles. The number of sulfonamides is 1.